The molecule has 3 heteroatoms. The first-order valence-electron chi connectivity index (χ1n) is 5.20. The Balaban J connectivity index is 2.08. The lowest BCUT2D eigenvalue weighted by Gasteiger charge is -2.33. The fourth-order valence-corrected chi connectivity index (χ4v) is 1.68. The molecule has 2 rings (SSSR count). The van der Waals surface area contributed by atoms with Gasteiger partial charge in [-0.25, -0.2) is 0 Å². The number of hydrogen-bond donors (Lipinski definition) is 0. The maximum atomic E-state index is 11.1. The number of methoxy groups -OCH3 is 1. The van der Waals surface area contributed by atoms with Crippen molar-refractivity contribution in [1.29, 1.82) is 0 Å². The third-order valence-electron chi connectivity index (χ3n) is 2.71. The van der Waals surface area contributed by atoms with Crippen LogP contribution in [-0.4, -0.2) is 26.2 Å². The molecule has 0 N–H and O–H groups in total. The molecule has 0 bridgehead atoms. The van der Waals surface area contributed by atoms with Crippen LogP contribution in [0.1, 0.15) is 12.0 Å². The van der Waals surface area contributed by atoms with E-state index in [1.54, 1.807) is 0 Å². The highest BCUT2D eigenvalue weighted by Crippen LogP contribution is 2.21. The highest BCUT2D eigenvalue weighted by atomic mass is 16.5. The van der Waals surface area contributed by atoms with Crippen LogP contribution in [0.4, 0.5) is 5.69 Å². The fourth-order valence-electron chi connectivity index (χ4n) is 1.68. The van der Waals surface area contributed by atoms with Crippen LogP contribution in [0, 0.1) is 0 Å². The molecule has 0 aromatic heterocycles. The van der Waals surface area contributed by atoms with Gasteiger partial charge in [0.25, 0.3) is 0 Å². The molecule has 0 aliphatic carbocycles. The lowest BCUT2D eigenvalue weighted by molar-refractivity contribution is -0.139. The van der Waals surface area contributed by atoms with Gasteiger partial charge in [-0.05, 0) is 24.1 Å². The molecule has 0 unspecified atom stereocenters. The maximum absolute atomic E-state index is 11.1. The van der Waals surface area contributed by atoms with Gasteiger partial charge in [0.2, 0.25) is 0 Å². The third kappa shape index (κ3) is 2.29. The zero-order valence-electron chi connectivity index (χ0n) is 8.90. The van der Waals surface area contributed by atoms with E-state index in [-0.39, 0.29) is 5.97 Å². The number of rotatable bonds is 3. The minimum atomic E-state index is -0.184. The van der Waals surface area contributed by atoms with Crippen LogP contribution in [0.5, 0.6) is 0 Å². The summed E-state index contributed by atoms with van der Waals surface area (Å²) >= 11 is 0. The molecule has 1 fully saturated rings. The zero-order valence-corrected chi connectivity index (χ0v) is 8.90. The highest BCUT2D eigenvalue weighted by Gasteiger charge is 2.14. The van der Waals surface area contributed by atoms with E-state index in [9.17, 15) is 4.79 Å². The molecular weight excluding hydrogens is 190 g/mol. The standard InChI is InChI=1S/C12H15NO2/c1-15-12(14)9-10-4-2-5-11(8-10)13-6-3-7-13/h2,4-5,8H,3,6-7,9H2,1H3. The molecule has 1 aromatic rings. The van der Waals surface area contributed by atoms with E-state index >= 15 is 0 Å². The Morgan fingerprint density at radius 3 is 2.87 bits per heavy atom. The first-order chi connectivity index (χ1) is 7.29. The Kier molecular flexibility index (Phi) is 2.90. The van der Waals surface area contributed by atoms with Gasteiger partial charge in [-0.15, -0.1) is 0 Å². The van der Waals surface area contributed by atoms with E-state index in [2.05, 4.69) is 21.8 Å². The van der Waals surface area contributed by atoms with Crippen LogP contribution in [0.25, 0.3) is 0 Å². The topological polar surface area (TPSA) is 29.5 Å². The van der Waals surface area contributed by atoms with Crippen molar-refractivity contribution in [3.8, 4) is 0 Å². The molecular formula is C12H15NO2. The summed E-state index contributed by atoms with van der Waals surface area (Å²) in [6.07, 6.45) is 1.62. The summed E-state index contributed by atoms with van der Waals surface area (Å²) in [5, 5.41) is 0. The fraction of sp³-hybridized carbons (Fsp3) is 0.417. The van der Waals surface area contributed by atoms with E-state index in [1.165, 1.54) is 19.2 Å². The molecule has 1 aromatic carbocycles. The minimum absolute atomic E-state index is 0.184. The number of carbonyl (C=O) groups excluding carboxylic acids is 1. The average molecular weight is 205 g/mol. The number of carbonyl (C=O) groups is 1. The minimum Gasteiger partial charge on any atom is -0.469 e. The van der Waals surface area contributed by atoms with Crippen molar-refractivity contribution in [2.75, 3.05) is 25.1 Å². The van der Waals surface area contributed by atoms with Crippen molar-refractivity contribution in [2.45, 2.75) is 12.8 Å². The second kappa shape index (κ2) is 4.34. The number of benzene rings is 1. The molecule has 80 valence electrons. The first kappa shape index (κ1) is 10.0. The molecule has 0 saturated carbocycles. The Hall–Kier alpha value is -1.51. The Morgan fingerprint density at radius 1 is 1.47 bits per heavy atom. The van der Waals surface area contributed by atoms with Gasteiger partial charge >= 0.3 is 5.97 Å². The summed E-state index contributed by atoms with van der Waals surface area (Å²) in [6.45, 7) is 2.25. The van der Waals surface area contributed by atoms with Gasteiger partial charge < -0.3 is 9.64 Å². The third-order valence-corrected chi connectivity index (χ3v) is 2.71. The summed E-state index contributed by atoms with van der Waals surface area (Å²) < 4.78 is 4.64. The lowest BCUT2D eigenvalue weighted by Crippen LogP contribution is -2.36. The number of ether oxygens (including phenoxy) is 1. The summed E-state index contributed by atoms with van der Waals surface area (Å²) in [4.78, 5) is 13.4. The smallest absolute Gasteiger partial charge is 0.309 e. The average Bonchev–Trinajstić information content (AvgIpc) is 2.15. The number of anilines is 1. The molecule has 15 heavy (non-hydrogen) atoms. The maximum Gasteiger partial charge on any atom is 0.309 e. The normalized spacial score (nSPS) is 14.6. The summed E-state index contributed by atoms with van der Waals surface area (Å²) in [5.74, 6) is -0.184. The van der Waals surface area contributed by atoms with E-state index in [0.29, 0.717) is 6.42 Å². The molecule has 1 saturated heterocycles. The van der Waals surface area contributed by atoms with Crippen LogP contribution >= 0.6 is 0 Å². The van der Waals surface area contributed by atoms with Crippen molar-refractivity contribution < 1.29 is 9.53 Å². The Labute approximate surface area is 89.7 Å². The van der Waals surface area contributed by atoms with Crippen LogP contribution in [0.3, 0.4) is 0 Å². The van der Waals surface area contributed by atoms with Gasteiger partial charge in [-0.3, -0.25) is 4.79 Å². The molecule has 0 atom stereocenters. The van der Waals surface area contributed by atoms with Gasteiger partial charge in [-0.1, -0.05) is 12.1 Å². The van der Waals surface area contributed by atoms with Crippen molar-refractivity contribution in [1.82, 2.24) is 0 Å². The van der Waals surface area contributed by atoms with E-state index in [0.717, 1.165) is 18.7 Å². The lowest BCUT2D eigenvalue weighted by atomic mass is 10.1. The van der Waals surface area contributed by atoms with Gasteiger partial charge in [0.15, 0.2) is 0 Å². The molecule has 0 spiro atoms. The predicted molar refractivity (Wildman–Crippen MR) is 59.0 cm³/mol. The largest absolute Gasteiger partial charge is 0.469 e. The molecule has 3 nitrogen and oxygen atoms in total. The van der Waals surface area contributed by atoms with Gasteiger partial charge in [0.1, 0.15) is 0 Å². The van der Waals surface area contributed by atoms with Crippen molar-refractivity contribution in [2.24, 2.45) is 0 Å². The number of hydrogen-bond acceptors (Lipinski definition) is 3. The van der Waals surface area contributed by atoms with E-state index in [1.807, 2.05) is 12.1 Å². The van der Waals surface area contributed by atoms with Crippen LogP contribution in [0.2, 0.25) is 0 Å². The number of nitrogens with zero attached hydrogens (tertiary/aromatic N) is 1. The first-order valence-corrected chi connectivity index (χ1v) is 5.20. The van der Waals surface area contributed by atoms with E-state index < -0.39 is 0 Å². The van der Waals surface area contributed by atoms with Gasteiger partial charge in [0.05, 0.1) is 13.5 Å². The molecule has 0 radical (unpaired) electrons. The molecule has 1 aliphatic heterocycles. The van der Waals surface area contributed by atoms with Crippen molar-refractivity contribution in [3.05, 3.63) is 29.8 Å². The summed E-state index contributed by atoms with van der Waals surface area (Å²) in [5.41, 5.74) is 2.23. The second-order valence-electron chi connectivity index (χ2n) is 3.76. The second-order valence-corrected chi connectivity index (χ2v) is 3.76. The van der Waals surface area contributed by atoms with Gasteiger partial charge in [-0.2, -0.15) is 0 Å². The summed E-state index contributed by atoms with van der Waals surface area (Å²) in [7, 11) is 1.42. The van der Waals surface area contributed by atoms with Crippen LogP contribution in [-0.2, 0) is 16.0 Å². The van der Waals surface area contributed by atoms with Crippen LogP contribution in [0.15, 0.2) is 24.3 Å². The van der Waals surface area contributed by atoms with Crippen molar-refractivity contribution in [3.63, 3.8) is 0 Å². The van der Waals surface area contributed by atoms with Crippen LogP contribution < -0.4 is 4.90 Å². The highest BCUT2D eigenvalue weighted by molar-refractivity contribution is 5.73. The quantitative estimate of drug-likeness (QED) is 0.702. The zero-order chi connectivity index (χ0) is 10.7. The molecule has 1 aliphatic rings. The number of esters is 1. The predicted octanol–water partition coefficient (Wildman–Crippen LogP) is 1.61. The monoisotopic (exact) mass is 205 g/mol. The Bertz CT molecular complexity index is 358. The van der Waals surface area contributed by atoms with E-state index in [4.69, 9.17) is 0 Å². The molecule has 0 amide bonds. The van der Waals surface area contributed by atoms with Crippen molar-refractivity contribution >= 4 is 11.7 Å². The van der Waals surface area contributed by atoms with Gasteiger partial charge in [0, 0.05) is 18.8 Å². The molecule has 1 heterocycles. The summed E-state index contributed by atoms with van der Waals surface area (Å²) in [6, 6.07) is 8.10. The Morgan fingerprint density at radius 2 is 2.27 bits per heavy atom. The SMILES string of the molecule is COC(=O)Cc1cccc(N2CCC2)c1.